The van der Waals surface area contributed by atoms with Crippen molar-refractivity contribution < 1.29 is 9.59 Å². The average molecular weight is 403 g/mol. The molecule has 0 spiro atoms. The summed E-state index contributed by atoms with van der Waals surface area (Å²) in [5.41, 5.74) is 0.756. The van der Waals surface area contributed by atoms with E-state index >= 15 is 0 Å². The zero-order valence-electron chi connectivity index (χ0n) is 15.6. The van der Waals surface area contributed by atoms with Crippen molar-refractivity contribution in [1.82, 2.24) is 25.5 Å². The number of aromatic nitrogens is 4. The fourth-order valence-electron chi connectivity index (χ4n) is 4.00. The Balaban J connectivity index is 1.35. The lowest BCUT2D eigenvalue weighted by atomic mass is 9.95. The number of benzene rings is 1. The lowest BCUT2D eigenvalue weighted by Crippen LogP contribution is -2.33. The summed E-state index contributed by atoms with van der Waals surface area (Å²) in [6.07, 6.45) is 5.95. The van der Waals surface area contributed by atoms with Crippen molar-refractivity contribution in [1.29, 1.82) is 0 Å². The Hall–Kier alpha value is -2.48. The van der Waals surface area contributed by atoms with Crippen LogP contribution in [0.25, 0.3) is 0 Å². The molecule has 9 heteroatoms. The highest BCUT2D eigenvalue weighted by Gasteiger charge is 2.35. The summed E-state index contributed by atoms with van der Waals surface area (Å²) in [6.45, 7) is 0.633. The van der Waals surface area contributed by atoms with Crippen LogP contribution in [0.15, 0.2) is 24.3 Å². The Morgan fingerprint density at radius 1 is 1.18 bits per heavy atom. The molecule has 2 aliphatic rings. The standard InChI is InChI=1S/C19H23ClN6O2/c20-14-6-8-15(9-7-14)25-12-13(10-18(25)27)19(28)21-11-17-22-23-24-26(17)16-4-2-1-3-5-16/h6-9,13,16H,1-5,10-12H2,(H,21,28). The number of carbonyl (C=O) groups excluding carboxylic acids is 2. The minimum absolute atomic E-state index is 0.0606. The zero-order valence-corrected chi connectivity index (χ0v) is 16.3. The summed E-state index contributed by atoms with van der Waals surface area (Å²) in [5, 5.41) is 15.5. The second-order valence-corrected chi connectivity index (χ2v) is 7.87. The summed E-state index contributed by atoms with van der Waals surface area (Å²) in [4.78, 5) is 26.6. The molecular formula is C19H23ClN6O2. The van der Waals surface area contributed by atoms with Gasteiger partial charge in [0.25, 0.3) is 0 Å². The number of nitrogens with one attached hydrogen (secondary N) is 1. The maximum atomic E-state index is 12.6. The minimum Gasteiger partial charge on any atom is -0.348 e. The van der Waals surface area contributed by atoms with Gasteiger partial charge in [-0.25, -0.2) is 4.68 Å². The number of halogens is 1. The van der Waals surface area contributed by atoms with Gasteiger partial charge in [0.1, 0.15) is 0 Å². The van der Waals surface area contributed by atoms with Crippen molar-refractivity contribution in [2.24, 2.45) is 5.92 Å². The van der Waals surface area contributed by atoms with Crippen LogP contribution in [0.1, 0.15) is 50.4 Å². The van der Waals surface area contributed by atoms with Crippen LogP contribution < -0.4 is 10.2 Å². The molecule has 1 aromatic carbocycles. The van der Waals surface area contributed by atoms with Crippen LogP contribution in [-0.2, 0) is 16.1 Å². The normalized spacial score (nSPS) is 20.5. The van der Waals surface area contributed by atoms with Gasteiger partial charge in [0, 0.05) is 23.7 Å². The Morgan fingerprint density at radius 3 is 2.68 bits per heavy atom. The number of rotatable bonds is 5. The Bertz CT molecular complexity index is 846. The van der Waals surface area contributed by atoms with Crippen LogP contribution in [0, 0.1) is 5.92 Å². The summed E-state index contributed by atoms with van der Waals surface area (Å²) in [7, 11) is 0. The molecule has 2 heterocycles. The SMILES string of the molecule is O=C(NCc1nnnn1C1CCCCC1)C1CC(=O)N(c2ccc(Cl)cc2)C1. The van der Waals surface area contributed by atoms with Gasteiger partial charge in [-0.1, -0.05) is 30.9 Å². The smallest absolute Gasteiger partial charge is 0.227 e. The molecule has 1 atom stereocenters. The number of nitrogens with zero attached hydrogens (tertiary/aromatic N) is 5. The maximum absolute atomic E-state index is 12.6. The highest BCUT2D eigenvalue weighted by Crippen LogP contribution is 2.28. The summed E-state index contributed by atoms with van der Waals surface area (Å²) < 4.78 is 1.85. The Morgan fingerprint density at radius 2 is 1.93 bits per heavy atom. The summed E-state index contributed by atoms with van der Waals surface area (Å²) in [5.74, 6) is 0.0684. The van der Waals surface area contributed by atoms with Crippen LogP contribution in [-0.4, -0.2) is 38.6 Å². The van der Waals surface area contributed by atoms with Gasteiger partial charge in [-0.15, -0.1) is 5.10 Å². The van der Waals surface area contributed by atoms with Crippen molar-refractivity contribution in [3.63, 3.8) is 0 Å². The lowest BCUT2D eigenvalue weighted by Gasteiger charge is -2.22. The maximum Gasteiger partial charge on any atom is 0.227 e. The second kappa shape index (κ2) is 8.26. The number of hydrogen-bond donors (Lipinski definition) is 1. The molecule has 1 aliphatic heterocycles. The molecule has 2 aromatic rings. The molecule has 1 aromatic heterocycles. The zero-order chi connectivity index (χ0) is 19.5. The van der Waals surface area contributed by atoms with E-state index in [-0.39, 0.29) is 30.7 Å². The van der Waals surface area contributed by atoms with Gasteiger partial charge in [0.15, 0.2) is 5.82 Å². The van der Waals surface area contributed by atoms with Gasteiger partial charge >= 0.3 is 0 Å². The fraction of sp³-hybridized carbons (Fsp3) is 0.526. The van der Waals surface area contributed by atoms with Crippen LogP contribution in [0.5, 0.6) is 0 Å². The van der Waals surface area contributed by atoms with Crippen molar-refractivity contribution >= 4 is 29.1 Å². The third-order valence-corrected chi connectivity index (χ3v) is 5.79. The van der Waals surface area contributed by atoms with E-state index in [9.17, 15) is 9.59 Å². The van der Waals surface area contributed by atoms with Gasteiger partial charge in [0.2, 0.25) is 11.8 Å². The molecule has 148 valence electrons. The first-order valence-corrected chi connectivity index (χ1v) is 10.1. The number of hydrogen-bond acceptors (Lipinski definition) is 5. The van der Waals surface area contributed by atoms with Crippen molar-refractivity contribution in [3.05, 3.63) is 35.1 Å². The molecule has 1 saturated heterocycles. The Labute approximate surface area is 168 Å². The molecule has 0 radical (unpaired) electrons. The highest BCUT2D eigenvalue weighted by molar-refractivity contribution is 6.30. The summed E-state index contributed by atoms with van der Waals surface area (Å²) in [6, 6.07) is 7.37. The van der Waals surface area contributed by atoms with Crippen molar-refractivity contribution in [3.8, 4) is 0 Å². The van der Waals surface area contributed by atoms with Gasteiger partial charge in [-0.3, -0.25) is 9.59 Å². The first kappa shape index (κ1) is 18.9. The van der Waals surface area contributed by atoms with Gasteiger partial charge in [0.05, 0.1) is 18.5 Å². The van der Waals surface area contributed by atoms with Crippen molar-refractivity contribution in [2.45, 2.75) is 51.1 Å². The monoisotopic (exact) mass is 402 g/mol. The van der Waals surface area contributed by atoms with Gasteiger partial charge in [-0.2, -0.15) is 0 Å². The van der Waals surface area contributed by atoms with Crippen LogP contribution >= 0.6 is 11.6 Å². The van der Waals surface area contributed by atoms with E-state index in [4.69, 9.17) is 11.6 Å². The van der Waals surface area contributed by atoms with E-state index in [1.165, 1.54) is 19.3 Å². The average Bonchev–Trinajstić information content (AvgIpc) is 3.34. The van der Waals surface area contributed by atoms with E-state index in [1.54, 1.807) is 29.2 Å². The first-order chi connectivity index (χ1) is 13.6. The molecule has 1 N–H and O–H groups in total. The molecule has 2 amide bonds. The molecule has 1 aliphatic carbocycles. The third kappa shape index (κ3) is 4.01. The molecule has 4 rings (SSSR count). The van der Waals surface area contributed by atoms with E-state index in [1.807, 2.05) is 4.68 Å². The van der Waals surface area contributed by atoms with E-state index < -0.39 is 0 Å². The Kier molecular flexibility index (Phi) is 5.57. The first-order valence-electron chi connectivity index (χ1n) is 9.72. The number of tetrazole rings is 1. The number of anilines is 1. The molecule has 8 nitrogen and oxygen atoms in total. The fourth-order valence-corrected chi connectivity index (χ4v) is 4.13. The molecule has 1 unspecified atom stereocenters. The lowest BCUT2D eigenvalue weighted by molar-refractivity contribution is -0.126. The molecule has 2 fully saturated rings. The minimum atomic E-state index is -0.387. The molecular weight excluding hydrogens is 380 g/mol. The van der Waals surface area contributed by atoms with Gasteiger partial charge in [-0.05, 0) is 47.5 Å². The molecule has 28 heavy (non-hydrogen) atoms. The third-order valence-electron chi connectivity index (χ3n) is 5.54. The predicted molar refractivity (Wildman–Crippen MR) is 104 cm³/mol. The van der Waals surface area contributed by atoms with Gasteiger partial charge < -0.3 is 10.2 Å². The number of amides is 2. The van der Waals surface area contributed by atoms with E-state index in [0.717, 1.165) is 18.5 Å². The van der Waals surface area contributed by atoms with Crippen molar-refractivity contribution in [2.75, 3.05) is 11.4 Å². The second-order valence-electron chi connectivity index (χ2n) is 7.43. The largest absolute Gasteiger partial charge is 0.348 e. The highest BCUT2D eigenvalue weighted by atomic mass is 35.5. The number of carbonyl (C=O) groups is 2. The van der Waals surface area contributed by atoms with E-state index in [0.29, 0.717) is 23.4 Å². The van der Waals surface area contributed by atoms with E-state index in [2.05, 4.69) is 20.8 Å². The molecule has 1 saturated carbocycles. The quantitative estimate of drug-likeness (QED) is 0.829. The van der Waals surface area contributed by atoms with Crippen LogP contribution in [0.3, 0.4) is 0 Å². The topological polar surface area (TPSA) is 93.0 Å². The molecule has 0 bridgehead atoms. The summed E-state index contributed by atoms with van der Waals surface area (Å²) >= 11 is 5.91. The van der Waals surface area contributed by atoms with Crippen LogP contribution in [0.2, 0.25) is 5.02 Å². The van der Waals surface area contributed by atoms with Crippen LogP contribution in [0.4, 0.5) is 5.69 Å². The predicted octanol–water partition coefficient (Wildman–Crippen LogP) is 2.50.